The molecule has 1 saturated carbocycles. The molecule has 0 atom stereocenters. The first-order chi connectivity index (χ1) is 6.92. The third-order valence-electron chi connectivity index (χ3n) is 2.22. The summed E-state index contributed by atoms with van der Waals surface area (Å²) in [5.41, 5.74) is 0. The van der Waals surface area contributed by atoms with Crippen molar-refractivity contribution < 1.29 is 4.74 Å². The minimum absolute atomic E-state index is 0.546. The summed E-state index contributed by atoms with van der Waals surface area (Å²) in [5.74, 6) is 0.920. The average Bonchev–Trinajstić information content (AvgIpc) is 2.94. The van der Waals surface area contributed by atoms with E-state index in [2.05, 4.69) is 20.8 Å². The van der Waals surface area contributed by atoms with Crippen LogP contribution in [0, 0.1) is 0 Å². The van der Waals surface area contributed by atoms with Crippen LogP contribution in [-0.4, -0.2) is 40.5 Å². The second kappa shape index (κ2) is 4.47. The van der Waals surface area contributed by atoms with Crippen LogP contribution in [0.5, 0.6) is 0 Å². The van der Waals surface area contributed by atoms with Crippen molar-refractivity contribution in [1.82, 2.24) is 25.5 Å². The summed E-state index contributed by atoms with van der Waals surface area (Å²) in [4.78, 5) is 0. The van der Waals surface area contributed by atoms with Crippen molar-refractivity contribution in [2.75, 3.05) is 20.3 Å². The Morgan fingerprint density at radius 3 is 3.14 bits per heavy atom. The van der Waals surface area contributed by atoms with Gasteiger partial charge in [-0.3, -0.25) is 0 Å². The smallest absolute Gasteiger partial charge is 0.165 e. The second-order valence-electron chi connectivity index (χ2n) is 3.44. The van der Waals surface area contributed by atoms with E-state index >= 15 is 0 Å². The molecule has 1 fully saturated rings. The van der Waals surface area contributed by atoms with Crippen LogP contribution in [0.2, 0.25) is 0 Å². The number of aromatic nitrogens is 4. The van der Waals surface area contributed by atoms with E-state index in [1.807, 2.05) is 4.68 Å². The highest BCUT2D eigenvalue weighted by molar-refractivity contribution is 4.89. The summed E-state index contributed by atoms with van der Waals surface area (Å²) in [6, 6.07) is 0.546. The van der Waals surface area contributed by atoms with Crippen molar-refractivity contribution in [3.8, 4) is 0 Å². The van der Waals surface area contributed by atoms with Crippen molar-refractivity contribution in [2.24, 2.45) is 0 Å². The number of nitrogens with one attached hydrogen (secondary N) is 1. The van der Waals surface area contributed by atoms with Crippen LogP contribution < -0.4 is 5.32 Å². The molecule has 78 valence electrons. The van der Waals surface area contributed by atoms with Gasteiger partial charge in [0, 0.05) is 13.7 Å². The Kier molecular flexibility index (Phi) is 3.05. The van der Waals surface area contributed by atoms with Gasteiger partial charge in [-0.25, -0.2) is 4.68 Å². The molecule has 1 N–H and O–H groups in total. The van der Waals surface area contributed by atoms with E-state index in [1.165, 1.54) is 12.8 Å². The first-order valence-corrected chi connectivity index (χ1v) is 4.88. The molecule has 2 rings (SSSR count). The van der Waals surface area contributed by atoms with E-state index in [-0.39, 0.29) is 0 Å². The molecule has 0 aliphatic heterocycles. The maximum absolute atomic E-state index is 4.93. The van der Waals surface area contributed by atoms with E-state index in [0.29, 0.717) is 19.2 Å². The van der Waals surface area contributed by atoms with Crippen LogP contribution >= 0.6 is 0 Å². The summed E-state index contributed by atoms with van der Waals surface area (Å²) in [5, 5.41) is 14.8. The fraction of sp³-hybridized carbons (Fsp3) is 0.875. The van der Waals surface area contributed by atoms with Gasteiger partial charge < -0.3 is 10.1 Å². The number of hydrogen-bond donors (Lipinski definition) is 1. The van der Waals surface area contributed by atoms with Crippen LogP contribution in [-0.2, 0) is 11.3 Å². The molecule has 0 radical (unpaired) electrons. The molecular weight excluding hydrogens is 182 g/mol. The monoisotopic (exact) mass is 197 g/mol. The second-order valence-corrected chi connectivity index (χ2v) is 3.44. The number of ether oxygens (including phenoxy) is 1. The van der Waals surface area contributed by atoms with E-state index in [9.17, 15) is 0 Å². The zero-order chi connectivity index (χ0) is 9.80. The molecule has 0 bridgehead atoms. The molecule has 0 aromatic carbocycles. The highest BCUT2D eigenvalue weighted by Crippen LogP contribution is 2.34. The van der Waals surface area contributed by atoms with Crippen LogP contribution in [0.1, 0.15) is 24.7 Å². The van der Waals surface area contributed by atoms with E-state index in [1.54, 1.807) is 7.11 Å². The summed E-state index contributed by atoms with van der Waals surface area (Å²) in [7, 11) is 1.69. The number of nitrogens with zero attached hydrogens (tertiary/aromatic N) is 4. The topological polar surface area (TPSA) is 64.9 Å². The van der Waals surface area contributed by atoms with Gasteiger partial charge in [-0.05, 0) is 23.3 Å². The van der Waals surface area contributed by atoms with Gasteiger partial charge in [0.1, 0.15) is 0 Å². The molecule has 1 heterocycles. The van der Waals surface area contributed by atoms with Gasteiger partial charge in [-0.2, -0.15) is 0 Å². The predicted octanol–water partition coefficient (Wildman–Crippen LogP) is -0.256. The van der Waals surface area contributed by atoms with Gasteiger partial charge in [0.2, 0.25) is 0 Å². The Bertz CT molecular complexity index is 283. The number of hydrogen-bond acceptors (Lipinski definition) is 5. The van der Waals surface area contributed by atoms with Crippen LogP contribution in [0.3, 0.4) is 0 Å². The molecule has 6 heteroatoms. The minimum atomic E-state index is 0.546. The zero-order valence-corrected chi connectivity index (χ0v) is 8.31. The molecular formula is C8H15N5O. The van der Waals surface area contributed by atoms with Gasteiger partial charge in [-0.15, -0.1) is 5.10 Å². The molecule has 1 aromatic heterocycles. The molecule has 0 unspecified atom stereocenters. The summed E-state index contributed by atoms with van der Waals surface area (Å²) >= 11 is 0. The Balaban J connectivity index is 1.80. The molecule has 0 saturated heterocycles. The lowest BCUT2D eigenvalue weighted by molar-refractivity contribution is 0.198. The van der Waals surface area contributed by atoms with E-state index in [0.717, 1.165) is 12.4 Å². The Morgan fingerprint density at radius 2 is 2.43 bits per heavy atom. The Morgan fingerprint density at radius 1 is 1.57 bits per heavy atom. The number of rotatable bonds is 6. The standard InChI is InChI=1S/C8H15N5O/c1-14-5-4-9-6-8-10-11-12-13(8)7-2-3-7/h7,9H,2-6H2,1H3. The van der Waals surface area contributed by atoms with Crippen LogP contribution in [0.15, 0.2) is 0 Å². The Labute approximate surface area is 82.6 Å². The van der Waals surface area contributed by atoms with E-state index < -0.39 is 0 Å². The minimum Gasteiger partial charge on any atom is -0.383 e. The van der Waals surface area contributed by atoms with Crippen molar-refractivity contribution in [3.63, 3.8) is 0 Å². The van der Waals surface area contributed by atoms with Crippen molar-refractivity contribution >= 4 is 0 Å². The zero-order valence-electron chi connectivity index (χ0n) is 8.31. The third kappa shape index (κ3) is 2.27. The van der Waals surface area contributed by atoms with Crippen molar-refractivity contribution in [2.45, 2.75) is 25.4 Å². The normalized spacial score (nSPS) is 16.1. The highest BCUT2D eigenvalue weighted by atomic mass is 16.5. The number of tetrazole rings is 1. The van der Waals surface area contributed by atoms with Gasteiger partial charge in [0.15, 0.2) is 5.82 Å². The molecule has 1 aliphatic rings. The fourth-order valence-electron chi connectivity index (χ4n) is 1.31. The summed E-state index contributed by atoms with van der Waals surface area (Å²) in [6.45, 7) is 2.26. The van der Waals surface area contributed by atoms with Gasteiger partial charge in [-0.1, -0.05) is 0 Å². The molecule has 1 aliphatic carbocycles. The predicted molar refractivity (Wildman–Crippen MR) is 49.7 cm³/mol. The fourth-order valence-corrected chi connectivity index (χ4v) is 1.31. The molecule has 0 amide bonds. The van der Waals surface area contributed by atoms with Crippen LogP contribution in [0.4, 0.5) is 0 Å². The van der Waals surface area contributed by atoms with Crippen molar-refractivity contribution in [3.05, 3.63) is 5.82 Å². The lowest BCUT2D eigenvalue weighted by Crippen LogP contribution is -2.21. The SMILES string of the molecule is COCCNCc1nnnn1C1CC1. The summed E-state index contributed by atoms with van der Waals surface area (Å²) in [6.07, 6.45) is 2.41. The maximum Gasteiger partial charge on any atom is 0.165 e. The average molecular weight is 197 g/mol. The molecule has 0 spiro atoms. The lowest BCUT2D eigenvalue weighted by atomic mass is 10.5. The molecule has 1 aromatic rings. The van der Waals surface area contributed by atoms with Gasteiger partial charge in [0.25, 0.3) is 0 Å². The summed E-state index contributed by atoms with van der Waals surface area (Å²) < 4.78 is 6.85. The Hall–Kier alpha value is -1.01. The van der Waals surface area contributed by atoms with Crippen LogP contribution in [0.25, 0.3) is 0 Å². The molecule has 6 nitrogen and oxygen atoms in total. The van der Waals surface area contributed by atoms with Gasteiger partial charge in [0.05, 0.1) is 19.2 Å². The van der Waals surface area contributed by atoms with Crippen molar-refractivity contribution in [1.29, 1.82) is 0 Å². The lowest BCUT2D eigenvalue weighted by Gasteiger charge is -2.03. The third-order valence-corrected chi connectivity index (χ3v) is 2.22. The molecule has 14 heavy (non-hydrogen) atoms. The van der Waals surface area contributed by atoms with E-state index in [4.69, 9.17) is 4.74 Å². The van der Waals surface area contributed by atoms with Gasteiger partial charge >= 0.3 is 0 Å². The largest absolute Gasteiger partial charge is 0.383 e. The quantitative estimate of drug-likeness (QED) is 0.637. The highest BCUT2D eigenvalue weighted by Gasteiger charge is 2.27. The number of methoxy groups -OCH3 is 1. The first kappa shape index (κ1) is 9.54. The maximum atomic E-state index is 4.93. The first-order valence-electron chi connectivity index (χ1n) is 4.88.